The van der Waals surface area contributed by atoms with Gasteiger partial charge in [0, 0.05) is 20.6 Å². The van der Waals surface area contributed by atoms with Crippen LogP contribution >= 0.6 is 38.9 Å². The number of allylic oxidation sites excluding steroid dienone is 1. The zero-order valence-corrected chi connectivity index (χ0v) is 24.8. The minimum atomic E-state index is -0.850. The van der Waals surface area contributed by atoms with Gasteiger partial charge in [-0.05, 0) is 55.8 Å². The molecule has 1 aliphatic heterocycles. The second-order valence-corrected chi connectivity index (χ2v) is 10.8. The van der Waals surface area contributed by atoms with Crippen molar-refractivity contribution in [2.45, 2.75) is 32.7 Å². The molecule has 4 rings (SSSR count). The van der Waals surface area contributed by atoms with Crippen LogP contribution in [0.4, 0.5) is 0 Å². The van der Waals surface area contributed by atoms with Crippen LogP contribution in [0.2, 0.25) is 5.02 Å². The summed E-state index contributed by atoms with van der Waals surface area (Å²) in [6.07, 6.45) is 8.38. The Hall–Kier alpha value is -3.32. The fourth-order valence-electron chi connectivity index (χ4n) is 4.36. The smallest absolute Gasteiger partial charge is 0.338 e. The Balaban J connectivity index is 2.04. The van der Waals surface area contributed by atoms with Gasteiger partial charge in [0.1, 0.15) is 24.1 Å². The molecular weight excluding hydrogens is 604 g/mol. The molecule has 0 unspecified atom stereocenters. The van der Waals surface area contributed by atoms with E-state index in [4.69, 9.17) is 37.2 Å². The SMILES string of the molecule is C#CCOc1ccc(Br)cc1/C=c1/sc2n(c1=O)[C@H](c1cc(Cl)ccc1OC)C(C(=O)OCC)=C(CCC)N=2. The molecule has 1 aromatic heterocycles. The van der Waals surface area contributed by atoms with Crippen LogP contribution < -0.4 is 24.4 Å². The number of terminal acetylenes is 1. The highest BCUT2D eigenvalue weighted by atomic mass is 79.9. The van der Waals surface area contributed by atoms with Crippen molar-refractivity contribution >= 4 is 50.9 Å². The number of methoxy groups -OCH3 is 1. The third kappa shape index (κ3) is 5.98. The average Bonchev–Trinajstić information content (AvgIpc) is 3.22. The Bertz CT molecular complexity index is 1670. The van der Waals surface area contributed by atoms with Gasteiger partial charge in [0.05, 0.1) is 29.5 Å². The summed E-state index contributed by atoms with van der Waals surface area (Å²) in [6, 6.07) is 9.72. The Morgan fingerprint density at radius 2 is 2.03 bits per heavy atom. The van der Waals surface area contributed by atoms with Gasteiger partial charge < -0.3 is 14.2 Å². The summed E-state index contributed by atoms with van der Waals surface area (Å²) in [7, 11) is 1.53. The summed E-state index contributed by atoms with van der Waals surface area (Å²) in [5, 5.41) is 0.439. The molecule has 0 fully saturated rings. The van der Waals surface area contributed by atoms with Crippen molar-refractivity contribution in [3.63, 3.8) is 0 Å². The molecule has 0 saturated carbocycles. The third-order valence-electron chi connectivity index (χ3n) is 5.95. The highest BCUT2D eigenvalue weighted by molar-refractivity contribution is 9.10. The topological polar surface area (TPSA) is 79.1 Å². The Morgan fingerprint density at radius 1 is 1.26 bits per heavy atom. The van der Waals surface area contributed by atoms with E-state index in [2.05, 4.69) is 21.9 Å². The lowest BCUT2D eigenvalue weighted by atomic mass is 9.93. The molecule has 2 aromatic carbocycles. The van der Waals surface area contributed by atoms with Gasteiger partial charge in [0.25, 0.3) is 5.56 Å². The zero-order chi connectivity index (χ0) is 28.1. The maximum atomic E-state index is 14.0. The lowest BCUT2D eigenvalue weighted by Crippen LogP contribution is -2.40. The Morgan fingerprint density at radius 3 is 2.72 bits per heavy atom. The number of hydrogen-bond donors (Lipinski definition) is 0. The molecule has 0 saturated heterocycles. The first-order chi connectivity index (χ1) is 18.8. The fraction of sp³-hybridized carbons (Fsp3) is 0.276. The molecule has 3 aromatic rings. The van der Waals surface area contributed by atoms with Crippen LogP contribution in [0.5, 0.6) is 11.5 Å². The van der Waals surface area contributed by atoms with Gasteiger partial charge in [-0.3, -0.25) is 9.36 Å². The number of aromatic nitrogens is 1. The van der Waals surface area contributed by atoms with Gasteiger partial charge in [0.2, 0.25) is 0 Å². The summed E-state index contributed by atoms with van der Waals surface area (Å²) in [5.41, 5.74) is 1.76. The van der Waals surface area contributed by atoms with Crippen LogP contribution in [0.3, 0.4) is 0 Å². The van der Waals surface area contributed by atoms with E-state index in [0.29, 0.717) is 54.7 Å². The minimum Gasteiger partial charge on any atom is -0.496 e. The van der Waals surface area contributed by atoms with Crippen molar-refractivity contribution in [3.8, 4) is 23.8 Å². The molecule has 0 spiro atoms. The van der Waals surface area contributed by atoms with Gasteiger partial charge in [0.15, 0.2) is 4.80 Å². The van der Waals surface area contributed by atoms with E-state index in [1.54, 1.807) is 37.3 Å². The van der Waals surface area contributed by atoms with Crippen LogP contribution in [0.15, 0.2) is 61.9 Å². The van der Waals surface area contributed by atoms with Crippen molar-refractivity contribution in [3.05, 3.63) is 88.0 Å². The maximum absolute atomic E-state index is 14.0. The first-order valence-corrected chi connectivity index (χ1v) is 14.2. The predicted molar refractivity (Wildman–Crippen MR) is 156 cm³/mol. The number of ether oxygens (including phenoxy) is 3. The first kappa shape index (κ1) is 28.7. The highest BCUT2D eigenvalue weighted by Crippen LogP contribution is 2.38. The Kier molecular flexibility index (Phi) is 9.33. The Labute approximate surface area is 243 Å². The number of rotatable bonds is 9. The molecule has 2 heterocycles. The molecule has 39 heavy (non-hydrogen) atoms. The number of carbonyl (C=O) groups is 1. The highest BCUT2D eigenvalue weighted by Gasteiger charge is 2.36. The molecule has 7 nitrogen and oxygen atoms in total. The normalized spacial score (nSPS) is 14.9. The van der Waals surface area contributed by atoms with E-state index in [0.717, 1.165) is 10.9 Å². The lowest BCUT2D eigenvalue weighted by molar-refractivity contribution is -0.139. The zero-order valence-electron chi connectivity index (χ0n) is 21.6. The van der Waals surface area contributed by atoms with Crippen LogP contribution in [-0.2, 0) is 9.53 Å². The molecule has 0 N–H and O–H groups in total. The standard InChI is InChI=1S/C29H26BrClN2O5S/c1-5-8-21-25(28(35)37-7-3)26(20-16-19(31)10-12-23(20)36-4)33-27(34)24(39-29(33)32-21)15-17-14-18(30)9-11-22(17)38-13-6-2/h2,9-12,14-16,26H,5,7-8,13H2,1,3-4H3/b24-15+/t26-/m1/s1. The van der Waals surface area contributed by atoms with Crippen molar-refractivity contribution in [2.24, 2.45) is 4.99 Å². The predicted octanol–water partition coefficient (Wildman–Crippen LogP) is 5.02. The van der Waals surface area contributed by atoms with Crippen molar-refractivity contribution < 1.29 is 19.0 Å². The average molecular weight is 630 g/mol. The fourth-order valence-corrected chi connectivity index (χ4v) is 5.93. The van der Waals surface area contributed by atoms with E-state index in [1.807, 2.05) is 19.1 Å². The summed E-state index contributed by atoms with van der Waals surface area (Å²) in [5.74, 6) is 2.94. The van der Waals surface area contributed by atoms with Gasteiger partial charge in [-0.15, -0.1) is 6.42 Å². The largest absolute Gasteiger partial charge is 0.496 e. The molecule has 10 heteroatoms. The lowest BCUT2D eigenvalue weighted by Gasteiger charge is -2.27. The number of fused-ring (bicyclic) bond motifs is 1. The number of benzene rings is 2. The minimum absolute atomic E-state index is 0.0849. The molecule has 0 radical (unpaired) electrons. The molecular formula is C29H26BrClN2O5S. The number of nitrogens with zero attached hydrogens (tertiary/aromatic N) is 2. The third-order valence-corrected chi connectivity index (χ3v) is 7.66. The summed E-state index contributed by atoms with van der Waals surface area (Å²) < 4.78 is 19.5. The monoisotopic (exact) mass is 628 g/mol. The summed E-state index contributed by atoms with van der Waals surface area (Å²) >= 11 is 11.1. The summed E-state index contributed by atoms with van der Waals surface area (Å²) in [4.78, 5) is 32.7. The molecule has 1 aliphatic rings. The van der Waals surface area contributed by atoms with Crippen LogP contribution in [0.25, 0.3) is 6.08 Å². The van der Waals surface area contributed by atoms with Crippen LogP contribution in [0, 0.1) is 12.3 Å². The van der Waals surface area contributed by atoms with Gasteiger partial charge >= 0.3 is 5.97 Å². The quantitative estimate of drug-likeness (QED) is 0.246. The van der Waals surface area contributed by atoms with Crippen molar-refractivity contribution in [2.75, 3.05) is 20.3 Å². The molecule has 202 valence electrons. The van der Waals surface area contributed by atoms with Gasteiger partial charge in [-0.2, -0.15) is 0 Å². The van der Waals surface area contributed by atoms with Gasteiger partial charge in [-0.1, -0.05) is 58.1 Å². The second-order valence-electron chi connectivity index (χ2n) is 8.47. The van der Waals surface area contributed by atoms with Crippen molar-refractivity contribution in [1.29, 1.82) is 0 Å². The van der Waals surface area contributed by atoms with E-state index in [9.17, 15) is 9.59 Å². The van der Waals surface area contributed by atoms with Gasteiger partial charge in [-0.25, -0.2) is 9.79 Å². The van der Waals surface area contributed by atoms with Crippen molar-refractivity contribution in [1.82, 2.24) is 4.57 Å². The molecule has 0 bridgehead atoms. The van der Waals surface area contributed by atoms with E-state index >= 15 is 0 Å². The van der Waals surface area contributed by atoms with E-state index in [1.165, 1.54) is 23.0 Å². The summed E-state index contributed by atoms with van der Waals surface area (Å²) in [6.45, 7) is 4.00. The molecule has 0 amide bonds. The van der Waals surface area contributed by atoms with E-state index < -0.39 is 12.0 Å². The molecule has 1 atom stereocenters. The number of carbonyl (C=O) groups excluding carboxylic acids is 1. The number of hydrogen-bond acceptors (Lipinski definition) is 7. The number of thiazole rings is 1. The first-order valence-electron chi connectivity index (χ1n) is 12.2. The maximum Gasteiger partial charge on any atom is 0.338 e. The van der Waals surface area contributed by atoms with Crippen LogP contribution in [-0.4, -0.2) is 30.9 Å². The second kappa shape index (κ2) is 12.7. The van der Waals surface area contributed by atoms with Crippen LogP contribution in [0.1, 0.15) is 43.9 Å². The van der Waals surface area contributed by atoms with E-state index in [-0.39, 0.29) is 18.8 Å². The number of esters is 1. The molecule has 0 aliphatic carbocycles. The number of halogens is 2.